The van der Waals surface area contributed by atoms with E-state index in [1.54, 1.807) is 6.07 Å². The van der Waals surface area contributed by atoms with E-state index in [4.69, 9.17) is 17.3 Å². The molecule has 0 aliphatic rings. The van der Waals surface area contributed by atoms with Gasteiger partial charge in [-0.15, -0.1) is 0 Å². The zero-order valence-corrected chi connectivity index (χ0v) is 11.1. The minimum absolute atomic E-state index is 0.211. The zero-order valence-electron chi connectivity index (χ0n) is 10.4. The number of nitrogens with two attached hydrogens (primary N) is 1. The van der Waals surface area contributed by atoms with Gasteiger partial charge in [-0.3, -0.25) is 0 Å². The first-order valence-corrected chi connectivity index (χ1v) is 6.64. The Morgan fingerprint density at radius 3 is 2.59 bits per heavy atom. The monoisotopic (exact) mass is 256 g/mol. The summed E-state index contributed by atoms with van der Waals surface area (Å²) in [5.74, 6) is 0.916. The Morgan fingerprint density at radius 2 is 1.88 bits per heavy atom. The molecule has 0 saturated carbocycles. The highest BCUT2D eigenvalue weighted by Crippen LogP contribution is 2.12. The van der Waals surface area contributed by atoms with Crippen molar-refractivity contribution in [1.29, 1.82) is 0 Å². The first-order chi connectivity index (χ1) is 8.22. The fourth-order valence-electron chi connectivity index (χ4n) is 1.65. The molecule has 0 fully saturated rings. The molecule has 3 N–H and O–H groups in total. The van der Waals surface area contributed by atoms with Crippen molar-refractivity contribution in [2.45, 2.75) is 45.4 Å². The predicted molar refractivity (Wildman–Crippen MR) is 73.3 cm³/mol. The molecule has 1 aromatic rings. The van der Waals surface area contributed by atoms with Crippen molar-refractivity contribution in [3.05, 3.63) is 11.2 Å². The Hall–Kier alpha value is -1.03. The van der Waals surface area contributed by atoms with Gasteiger partial charge in [-0.2, -0.15) is 4.98 Å². The minimum Gasteiger partial charge on any atom is -0.370 e. The van der Waals surface area contributed by atoms with Crippen LogP contribution in [0.1, 0.15) is 45.4 Å². The van der Waals surface area contributed by atoms with E-state index < -0.39 is 0 Å². The molecule has 5 heteroatoms. The third kappa shape index (κ3) is 6.31. The quantitative estimate of drug-likeness (QED) is 0.552. The summed E-state index contributed by atoms with van der Waals surface area (Å²) < 4.78 is 0. The van der Waals surface area contributed by atoms with Crippen LogP contribution in [0.25, 0.3) is 0 Å². The molecule has 0 radical (unpaired) electrons. The van der Waals surface area contributed by atoms with E-state index in [2.05, 4.69) is 22.2 Å². The first kappa shape index (κ1) is 14.0. The van der Waals surface area contributed by atoms with E-state index in [0.717, 1.165) is 13.0 Å². The lowest BCUT2D eigenvalue weighted by atomic mass is 10.1. The van der Waals surface area contributed by atoms with Crippen molar-refractivity contribution in [2.24, 2.45) is 0 Å². The lowest BCUT2D eigenvalue weighted by Gasteiger charge is -2.06. The zero-order chi connectivity index (χ0) is 12.5. The maximum Gasteiger partial charge on any atom is 0.223 e. The van der Waals surface area contributed by atoms with Crippen molar-refractivity contribution in [3.63, 3.8) is 0 Å². The maximum atomic E-state index is 5.78. The number of unbranched alkanes of at least 4 members (excludes halogenated alkanes) is 5. The van der Waals surface area contributed by atoms with Crippen molar-refractivity contribution < 1.29 is 0 Å². The molecule has 0 spiro atoms. The molecular formula is C12H21ClN4. The van der Waals surface area contributed by atoms with Crippen molar-refractivity contribution in [3.8, 4) is 0 Å². The largest absolute Gasteiger partial charge is 0.370 e. The first-order valence-electron chi connectivity index (χ1n) is 6.26. The van der Waals surface area contributed by atoms with Crippen LogP contribution in [-0.2, 0) is 0 Å². The molecule has 0 aliphatic carbocycles. The van der Waals surface area contributed by atoms with Crippen molar-refractivity contribution in [2.75, 3.05) is 17.6 Å². The van der Waals surface area contributed by atoms with E-state index in [1.165, 1.54) is 32.1 Å². The average Bonchev–Trinajstić information content (AvgIpc) is 2.26. The normalized spacial score (nSPS) is 10.5. The second kappa shape index (κ2) is 8.12. The third-order valence-electron chi connectivity index (χ3n) is 2.55. The van der Waals surface area contributed by atoms with Crippen LogP contribution in [0.5, 0.6) is 0 Å². The Morgan fingerprint density at radius 1 is 1.18 bits per heavy atom. The van der Waals surface area contributed by atoms with E-state index in [1.807, 2.05) is 0 Å². The molecule has 96 valence electrons. The minimum atomic E-state index is 0.211. The molecule has 0 aliphatic heterocycles. The molecule has 0 saturated heterocycles. The maximum absolute atomic E-state index is 5.78. The summed E-state index contributed by atoms with van der Waals surface area (Å²) in [5, 5.41) is 3.58. The highest BCUT2D eigenvalue weighted by atomic mass is 35.5. The van der Waals surface area contributed by atoms with Gasteiger partial charge in [0.1, 0.15) is 11.0 Å². The summed E-state index contributed by atoms with van der Waals surface area (Å²) in [7, 11) is 0. The predicted octanol–water partition coefficient (Wildman–Crippen LogP) is 3.48. The number of nitrogens with zero attached hydrogens (tertiary/aromatic N) is 2. The molecule has 17 heavy (non-hydrogen) atoms. The molecule has 0 atom stereocenters. The number of hydrogen-bond acceptors (Lipinski definition) is 4. The molecular weight excluding hydrogens is 236 g/mol. The number of aromatic nitrogens is 2. The molecule has 1 rings (SSSR count). The van der Waals surface area contributed by atoms with E-state index in [9.17, 15) is 0 Å². The molecule has 1 heterocycles. The van der Waals surface area contributed by atoms with Crippen LogP contribution in [0.2, 0.25) is 5.15 Å². The van der Waals surface area contributed by atoms with Crippen molar-refractivity contribution in [1.82, 2.24) is 9.97 Å². The van der Waals surface area contributed by atoms with Gasteiger partial charge < -0.3 is 11.1 Å². The van der Waals surface area contributed by atoms with Gasteiger partial charge in [0.2, 0.25) is 5.95 Å². The summed E-state index contributed by atoms with van der Waals surface area (Å²) in [4.78, 5) is 7.86. The van der Waals surface area contributed by atoms with Crippen LogP contribution in [0.4, 0.5) is 11.8 Å². The van der Waals surface area contributed by atoms with Gasteiger partial charge in [-0.05, 0) is 6.42 Å². The number of anilines is 2. The number of halogens is 1. The third-order valence-corrected chi connectivity index (χ3v) is 2.74. The number of rotatable bonds is 8. The number of nitrogen functional groups attached to an aromatic ring is 1. The fourth-order valence-corrected chi connectivity index (χ4v) is 1.84. The number of nitrogens with one attached hydrogen (secondary N) is 1. The van der Waals surface area contributed by atoms with Gasteiger partial charge in [0, 0.05) is 12.6 Å². The van der Waals surface area contributed by atoms with Crippen LogP contribution < -0.4 is 11.1 Å². The summed E-state index contributed by atoms with van der Waals surface area (Å²) >= 11 is 5.78. The van der Waals surface area contributed by atoms with E-state index in [0.29, 0.717) is 11.0 Å². The van der Waals surface area contributed by atoms with Gasteiger partial charge >= 0.3 is 0 Å². The van der Waals surface area contributed by atoms with Crippen LogP contribution in [0.15, 0.2) is 6.07 Å². The Bertz CT molecular complexity index is 310. The second-order valence-corrected chi connectivity index (χ2v) is 4.52. The summed E-state index contributed by atoms with van der Waals surface area (Å²) in [6, 6.07) is 1.69. The number of hydrogen-bond donors (Lipinski definition) is 2. The molecule has 0 bridgehead atoms. The lowest BCUT2D eigenvalue weighted by molar-refractivity contribution is 0.617. The second-order valence-electron chi connectivity index (χ2n) is 4.13. The van der Waals surface area contributed by atoms with Crippen LogP contribution in [0, 0.1) is 0 Å². The van der Waals surface area contributed by atoms with Gasteiger partial charge in [0.15, 0.2) is 0 Å². The topological polar surface area (TPSA) is 63.8 Å². The molecule has 0 amide bonds. The van der Waals surface area contributed by atoms with Crippen LogP contribution in [0.3, 0.4) is 0 Å². The average molecular weight is 257 g/mol. The van der Waals surface area contributed by atoms with E-state index >= 15 is 0 Å². The van der Waals surface area contributed by atoms with Gasteiger partial charge in [0.25, 0.3) is 0 Å². The lowest BCUT2D eigenvalue weighted by Crippen LogP contribution is -2.05. The summed E-state index contributed by atoms with van der Waals surface area (Å²) in [5.41, 5.74) is 5.50. The molecule has 0 aromatic carbocycles. The molecule has 4 nitrogen and oxygen atoms in total. The summed E-state index contributed by atoms with van der Waals surface area (Å²) in [6.07, 6.45) is 7.67. The molecule has 1 aromatic heterocycles. The molecule has 0 unspecified atom stereocenters. The smallest absolute Gasteiger partial charge is 0.223 e. The SMILES string of the molecule is CCCCCCCCNc1cc(Cl)nc(N)n1. The highest BCUT2D eigenvalue weighted by molar-refractivity contribution is 6.29. The standard InChI is InChI=1S/C12H21ClN4/c1-2-3-4-5-6-7-8-15-11-9-10(13)16-12(14)17-11/h9H,2-8H2,1H3,(H3,14,15,16,17). The van der Waals surface area contributed by atoms with Crippen molar-refractivity contribution >= 4 is 23.4 Å². The van der Waals surface area contributed by atoms with E-state index in [-0.39, 0.29) is 5.95 Å². The van der Waals surface area contributed by atoms with Gasteiger partial charge in [-0.1, -0.05) is 50.6 Å². The van der Waals surface area contributed by atoms with Gasteiger partial charge in [-0.25, -0.2) is 4.98 Å². The Balaban J connectivity index is 2.13. The van der Waals surface area contributed by atoms with Gasteiger partial charge in [0.05, 0.1) is 0 Å². The Labute approximate surface area is 108 Å². The Kier molecular flexibility index (Phi) is 6.70. The summed E-state index contributed by atoms with van der Waals surface area (Å²) in [6.45, 7) is 3.13. The van der Waals surface area contributed by atoms with Crippen LogP contribution in [-0.4, -0.2) is 16.5 Å². The van der Waals surface area contributed by atoms with Crippen LogP contribution >= 0.6 is 11.6 Å². The highest BCUT2D eigenvalue weighted by Gasteiger charge is 1.99. The fraction of sp³-hybridized carbons (Fsp3) is 0.667.